The lowest BCUT2D eigenvalue weighted by Gasteiger charge is -2.06. The topological polar surface area (TPSA) is 44.2 Å². The average Bonchev–Trinajstić information content (AvgIpc) is 3.32. The Morgan fingerprint density at radius 1 is 0.562 bits per heavy atom. The maximum absolute atomic E-state index is 5.90. The van der Waals surface area contributed by atoms with E-state index in [0.717, 1.165) is 65.1 Å². The van der Waals surface area contributed by atoms with Crippen LogP contribution in [-0.4, -0.2) is 23.4 Å². The molecule has 0 amide bonds. The molecule has 32 heavy (non-hydrogen) atoms. The van der Waals surface area contributed by atoms with Crippen molar-refractivity contribution < 1.29 is 9.47 Å². The van der Waals surface area contributed by atoms with Crippen LogP contribution in [0.5, 0.6) is 11.5 Å². The highest BCUT2D eigenvalue weighted by Gasteiger charge is 2.09. The Bertz CT molecular complexity index is 891. The second kappa shape index (κ2) is 13.9. The molecule has 1 heterocycles. The minimum absolute atomic E-state index is 0.761. The molecule has 0 spiro atoms. The van der Waals surface area contributed by atoms with Gasteiger partial charge in [-0.25, -0.2) is 0 Å². The minimum atomic E-state index is 0.761. The Morgan fingerprint density at radius 2 is 1.00 bits per heavy atom. The highest BCUT2D eigenvalue weighted by molar-refractivity contribution is 7.17. The SMILES string of the molecule is CCCCCCCCCOc1ccc(-c2nnc(-c3ccc(OCCCC)cc3)s2)cc1. The smallest absolute Gasteiger partial charge is 0.148 e. The molecule has 2 aromatic carbocycles. The van der Waals surface area contributed by atoms with Crippen LogP contribution in [0.25, 0.3) is 21.1 Å². The Balaban J connectivity index is 1.45. The molecule has 0 atom stereocenters. The van der Waals surface area contributed by atoms with E-state index < -0.39 is 0 Å². The maximum Gasteiger partial charge on any atom is 0.148 e. The fraction of sp³-hybridized carbons (Fsp3) is 0.481. The van der Waals surface area contributed by atoms with Crippen LogP contribution in [0.3, 0.4) is 0 Å². The Morgan fingerprint density at radius 3 is 1.50 bits per heavy atom. The van der Waals surface area contributed by atoms with Crippen molar-refractivity contribution in [3.8, 4) is 32.6 Å². The molecule has 0 radical (unpaired) electrons. The molecule has 4 nitrogen and oxygen atoms in total. The summed E-state index contributed by atoms with van der Waals surface area (Å²) in [6, 6.07) is 16.3. The van der Waals surface area contributed by atoms with Gasteiger partial charge < -0.3 is 9.47 Å². The van der Waals surface area contributed by atoms with E-state index in [1.165, 1.54) is 38.5 Å². The number of rotatable bonds is 15. The summed E-state index contributed by atoms with van der Waals surface area (Å²) < 4.78 is 11.6. The van der Waals surface area contributed by atoms with Gasteiger partial charge in [0.25, 0.3) is 0 Å². The molecule has 0 aliphatic carbocycles. The van der Waals surface area contributed by atoms with Gasteiger partial charge in [0, 0.05) is 11.1 Å². The molecule has 0 unspecified atom stereocenters. The lowest BCUT2D eigenvalue weighted by atomic mass is 10.1. The molecule has 0 saturated carbocycles. The number of hydrogen-bond acceptors (Lipinski definition) is 5. The van der Waals surface area contributed by atoms with Crippen molar-refractivity contribution >= 4 is 11.3 Å². The van der Waals surface area contributed by atoms with E-state index in [1.54, 1.807) is 11.3 Å². The van der Waals surface area contributed by atoms with Gasteiger partial charge in [0.2, 0.25) is 0 Å². The quantitative estimate of drug-likeness (QED) is 0.218. The zero-order valence-electron chi connectivity index (χ0n) is 19.5. The summed E-state index contributed by atoms with van der Waals surface area (Å²) in [5.41, 5.74) is 2.13. The van der Waals surface area contributed by atoms with E-state index in [2.05, 4.69) is 36.2 Å². The second-order valence-corrected chi connectivity index (χ2v) is 9.11. The third kappa shape index (κ3) is 7.94. The first-order valence-corrected chi connectivity index (χ1v) is 12.9. The molecule has 0 fully saturated rings. The first-order valence-electron chi connectivity index (χ1n) is 12.1. The summed E-state index contributed by atoms with van der Waals surface area (Å²) in [5.74, 6) is 1.82. The summed E-state index contributed by atoms with van der Waals surface area (Å²) in [4.78, 5) is 0. The second-order valence-electron chi connectivity index (χ2n) is 8.13. The van der Waals surface area contributed by atoms with E-state index in [-0.39, 0.29) is 0 Å². The Hall–Kier alpha value is -2.40. The third-order valence-electron chi connectivity index (χ3n) is 5.41. The highest BCUT2D eigenvalue weighted by Crippen LogP contribution is 2.31. The van der Waals surface area contributed by atoms with Crippen molar-refractivity contribution in [1.29, 1.82) is 0 Å². The Labute approximate surface area is 197 Å². The van der Waals surface area contributed by atoms with Crippen LogP contribution < -0.4 is 9.47 Å². The van der Waals surface area contributed by atoms with Crippen LogP contribution >= 0.6 is 11.3 Å². The van der Waals surface area contributed by atoms with Crippen LogP contribution in [0.2, 0.25) is 0 Å². The normalized spacial score (nSPS) is 10.9. The minimum Gasteiger partial charge on any atom is -0.494 e. The van der Waals surface area contributed by atoms with Crippen LogP contribution in [-0.2, 0) is 0 Å². The Kier molecular flexibility index (Phi) is 10.5. The number of unbranched alkanes of at least 4 members (excludes halogenated alkanes) is 7. The predicted octanol–water partition coefficient (Wildman–Crippen LogP) is 8.18. The van der Waals surface area contributed by atoms with Crippen molar-refractivity contribution in [3.63, 3.8) is 0 Å². The lowest BCUT2D eigenvalue weighted by Crippen LogP contribution is -1.97. The number of ether oxygens (including phenoxy) is 2. The van der Waals surface area contributed by atoms with Crippen LogP contribution in [0, 0.1) is 0 Å². The summed E-state index contributed by atoms with van der Waals surface area (Å²) in [6.07, 6.45) is 11.3. The molecule has 0 aliphatic heterocycles. The van der Waals surface area contributed by atoms with Crippen molar-refractivity contribution in [3.05, 3.63) is 48.5 Å². The first kappa shape index (κ1) is 24.2. The number of nitrogens with zero attached hydrogens (tertiary/aromatic N) is 2. The molecule has 1 aromatic heterocycles. The van der Waals surface area contributed by atoms with Gasteiger partial charge in [-0.05, 0) is 61.4 Å². The summed E-state index contributed by atoms with van der Waals surface area (Å²) in [5, 5.41) is 10.6. The van der Waals surface area contributed by atoms with Gasteiger partial charge in [-0.1, -0.05) is 70.1 Å². The van der Waals surface area contributed by atoms with E-state index >= 15 is 0 Å². The van der Waals surface area contributed by atoms with Gasteiger partial charge in [-0.3, -0.25) is 0 Å². The molecule has 3 rings (SSSR count). The molecular weight excluding hydrogens is 416 g/mol. The van der Waals surface area contributed by atoms with Gasteiger partial charge in [0.15, 0.2) is 0 Å². The van der Waals surface area contributed by atoms with Gasteiger partial charge in [-0.15, -0.1) is 10.2 Å². The van der Waals surface area contributed by atoms with Crippen molar-refractivity contribution in [2.24, 2.45) is 0 Å². The molecule has 3 aromatic rings. The van der Waals surface area contributed by atoms with Gasteiger partial charge in [0.05, 0.1) is 13.2 Å². The van der Waals surface area contributed by atoms with E-state index in [0.29, 0.717) is 0 Å². The number of hydrogen-bond donors (Lipinski definition) is 0. The predicted molar refractivity (Wildman–Crippen MR) is 135 cm³/mol. The van der Waals surface area contributed by atoms with E-state index in [9.17, 15) is 0 Å². The number of aromatic nitrogens is 2. The highest BCUT2D eigenvalue weighted by atomic mass is 32.1. The number of benzene rings is 2. The van der Waals surface area contributed by atoms with Crippen LogP contribution in [0.15, 0.2) is 48.5 Å². The molecule has 0 aliphatic rings. The molecule has 0 bridgehead atoms. The zero-order chi connectivity index (χ0) is 22.4. The molecular formula is C27H36N2O2S. The average molecular weight is 453 g/mol. The molecule has 172 valence electrons. The van der Waals surface area contributed by atoms with E-state index in [1.807, 2.05) is 36.4 Å². The third-order valence-corrected chi connectivity index (χ3v) is 6.43. The van der Waals surface area contributed by atoms with Crippen LogP contribution in [0.1, 0.15) is 71.6 Å². The van der Waals surface area contributed by atoms with Crippen LogP contribution in [0.4, 0.5) is 0 Å². The maximum atomic E-state index is 5.90. The van der Waals surface area contributed by atoms with Crippen molar-refractivity contribution in [2.45, 2.75) is 71.6 Å². The van der Waals surface area contributed by atoms with Gasteiger partial charge in [0.1, 0.15) is 21.5 Å². The fourth-order valence-corrected chi connectivity index (χ4v) is 4.28. The summed E-state index contributed by atoms with van der Waals surface area (Å²) in [7, 11) is 0. The lowest BCUT2D eigenvalue weighted by molar-refractivity contribution is 0.304. The monoisotopic (exact) mass is 452 g/mol. The summed E-state index contributed by atoms with van der Waals surface area (Å²) >= 11 is 1.60. The van der Waals surface area contributed by atoms with Crippen molar-refractivity contribution in [2.75, 3.05) is 13.2 Å². The zero-order valence-corrected chi connectivity index (χ0v) is 20.3. The van der Waals surface area contributed by atoms with Crippen molar-refractivity contribution in [1.82, 2.24) is 10.2 Å². The summed E-state index contributed by atoms with van der Waals surface area (Å²) in [6.45, 7) is 5.97. The molecule has 0 N–H and O–H groups in total. The fourth-order valence-electron chi connectivity index (χ4n) is 3.43. The van der Waals surface area contributed by atoms with E-state index in [4.69, 9.17) is 9.47 Å². The molecule has 5 heteroatoms. The van der Waals surface area contributed by atoms with Gasteiger partial charge >= 0.3 is 0 Å². The standard InChI is InChI=1S/C27H36N2O2S/c1-3-5-7-8-9-10-11-21-31-25-18-14-23(15-19-25)27-29-28-26(32-27)22-12-16-24(17-13-22)30-20-6-4-2/h12-19H,3-11,20-21H2,1-2H3. The molecule has 0 saturated heterocycles. The first-order chi connectivity index (χ1) is 15.8. The van der Waals surface area contributed by atoms with Gasteiger partial charge in [-0.2, -0.15) is 0 Å². The largest absolute Gasteiger partial charge is 0.494 e.